The molecule has 4 heteroatoms. The predicted molar refractivity (Wildman–Crippen MR) is 62.8 cm³/mol. The highest BCUT2D eigenvalue weighted by atomic mass is 32.1. The van der Waals surface area contributed by atoms with Crippen molar-refractivity contribution in [2.75, 3.05) is 13.2 Å². The fraction of sp³-hybridized carbons (Fsp3) is 0.273. The minimum atomic E-state index is -0.0655. The van der Waals surface area contributed by atoms with Crippen molar-refractivity contribution in [1.29, 1.82) is 0 Å². The second-order valence-corrected chi connectivity index (χ2v) is 3.36. The molecular formula is C11H13NO2S. The number of amides is 1. The Hall–Kier alpha value is -1.42. The number of rotatable bonds is 4. The van der Waals surface area contributed by atoms with Gasteiger partial charge in [0, 0.05) is 12.5 Å². The monoisotopic (exact) mass is 223 g/mol. The Labute approximate surface area is 94.4 Å². The molecule has 0 radical (unpaired) electrons. The Bertz CT molecular complexity index is 338. The lowest BCUT2D eigenvalue weighted by atomic mass is 10.2. The maximum absolute atomic E-state index is 10.6. The molecule has 3 nitrogen and oxygen atoms in total. The largest absolute Gasteiger partial charge is 0.481 e. The van der Waals surface area contributed by atoms with Gasteiger partial charge in [0.05, 0.1) is 6.54 Å². The van der Waals surface area contributed by atoms with E-state index in [4.69, 9.17) is 17.0 Å². The van der Waals surface area contributed by atoms with Gasteiger partial charge < -0.3 is 10.1 Å². The van der Waals surface area contributed by atoms with E-state index in [1.54, 1.807) is 0 Å². The fourth-order valence-corrected chi connectivity index (χ4v) is 1.25. The lowest BCUT2D eigenvalue weighted by Crippen LogP contribution is -2.25. The molecule has 1 rings (SSSR count). The summed E-state index contributed by atoms with van der Waals surface area (Å²) in [6.07, 6.45) is 0. The van der Waals surface area contributed by atoms with E-state index in [0.717, 1.165) is 5.56 Å². The Kier molecular flexibility index (Phi) is 4.77. The molecule has 1 aromatic carbocycles. The van der Waals surface area contributed by atoms with E-state index in [9.17, 15) is 4.79 Å². The quantitative estimate of drug-likeness (QED) is 0.621. The van der Waals surface area contributed by atoms with Crippen molar-refractivity contribution in [3.05, 3.63) is 35.9 Å². The van der Waals surface area contributed by atoms with E-state index in [-0.39, 0.29) is 5.91 Å². The van der Waals surface area contributed by atoms with E-state index in [2.05, 4.69) is 5.32 Å². The van der Waals surface area contributed by atoms with Crippen LogP contribution in [0.2, 0.25) is 0 Å². The summed E-state index contributed by atoms with van der Waals surface area (Å²) in [7, 11) is 0. The molecule has 0 heterocycles. The third kappa shape index (κ3) is 4.56. The zero-order chi connectivity index (χ0) is 11.1. The van der Waals surface area contributed by atoms with Crippen molar-refractivity contribution in [2.45, 2.75) is 6.92 Å². The van der Waals surface area contributed by atoms with Gasteiger partial charge in [-0.1, -0.05) is 30.3 Å². The van der Waals surface area contributed by atoms with E-state index in [1.165, 1.54) is 6.92 Å². The maximum atomic E-state index is 10.6. The van der Waals surface area contributed by atoms with Crippen LogP contribution in [0, 0.1) is 0 Å². The first kappa shape index (κ1) is 11.7. The highest BCUT2D eigenvalue weighted by Gasteiger charge is 2.00. The molecule has 0 aliphatic heterocycles. The Morgan fingerprint density at radius 1 is 1.40 bits per heavy atom. The minimum absolute atomic E-state index is 0.0655. The number of ether oxygens (including phenoxy) is 1. The van der Waals surface area contributed by atoms with Gasteiger partial charge in [-0.05, 0) is 12.2 Å². The summed E-state index contributed by atoms with van der Waals surface area (Å²) >= 11 is 5.06. The van der Waals surface area contributed by atoms with Gasteiger partial charge in [-0.2, -0.15) is 0 Å². The average Bonchev–Trinajstić information content (AvgIpc) is 2.25. The van der Waals surface area contributed by atoms with Crippen LogP contribution in [0.3, 0.4) is 0 Å². The molecule has 0 bridgehead atoms. The van der Waals surface area contributed by atoms with E-state index in [0.29, 0.717) is 18.2 Å². The van der Waals surface area contributed by atoms with Crippen molar-refractivity contribution >= 4 is 23.2 Å². The van der Waals surface area contributed by atoms with Crippen LogP contribution in [-0.4, -0.2) is 24.1 Å². The summed E-state index contributed by atoms with van der Waals surface area (Å²) in [5, 5.41) is 3.09. The Morgan fingerprint density at radius 2 is 2.07 bits per heavy atom. The second kappa shape index (κ2) is 6.14. The summed E-state index contributed by atoms with van der Waals surface area (Å²) in [6.45, 7) is 2.34. The highest BCUT2D eigenvalue weighted by Crippen LogP contribution is 2.01. The standard InChI is InChI=1S/C11H13NO2S/c1-9(13)12-7-8-14-11(15)10-5-3-2-4-6-10/h2-6H,7-8H2,1H3,(H,12,13). The molecule has 0 atom stereocenters. The topological polar surface area (TPSA) is 38.3 Å². The van der Waals surface area contributed by atoms with Crippen LogP contribution >= 0.6 is 12.2 Å². The number of carbonyl (C=O) groups is 1. The minimum Gasteiger partial charge on any atom is -0.481 e. The number of hydrogen-bond acceptors (Lipinski definition) is 3. The lowest BCUT2D eigenvalue weighted by molar-refractivity contribution is -0.119. The number of carbonyl (C=O) groups excluding carboxylic acids is 1. The number of nitrogens with one attached hydrogen (secondary N) is 1. The third-order valence-corrected chi connectivity index (χ3v) is 2.07. The summed E-state index contributed by atoms with van der Waals surface area (Å²) in [4.78, 5) is 10.6. The molecule has 1 aromatic rings. The molecule has 0 saturated carbocycles. The average molecular weight is 223 g/mol. The molecule has 0 unspecified atom stereocenters. The van der Waals surface area contributed by atoms with Gasteiger partial charge in [-0.3, -0.25) is 4.79 Å². The van der Waals surface area contributed by atoms with E-state index in [1.807, 2.05) is 30.3 Å². The summed E-state index contributed by atoms with van der Waals surface area (Å²) < 4.78 is 5.30. The summed E-state index contributed by atoms with van der Waals surface area (Å²) in [5.74, 6) is -0.0655. The zero-order valence-electron chi connectivity index (χ0n) is 8.53. The van der Waals surface area contributed by atoms with Gasteiger partial charge in [0.15, 0.2) is 5.05 Å². The molecule has 0 saturated heterocycles. The van der Waals surface area contributed by atoms with Crippen LogP contribution in [0.1, 0.15) is 12.5 Å². The summed E-state index contributed by atoms with van der Waals surface area (Å²) in [5.41, 5.74) is 0.885. The van der Waals surface area contributed by atoms with Crippen molar-refractivity contribution in [2.24, 2.45) is 0 Å². The third-order valence-electron chi connectivity index (χ3n) is 1.72. The Balaban J connectivity index is 2.28. The summed E-state index contributed by atoms with van der Waals surface area (Å²) in [6, 6.07) is 9.50. The van der Waals surface area contributed by atoms with Crippen molar-refractivity contribution in [3.8, 4) is 0 Å². The molecule has 15 heavy (non-hydrogen) atoms. The lowest BCUT2D eigenvalue weighted by Gasteiger charge is -2.07. The smallest absolute Gasteiger partial charge is 0.216 e. The molecule has 0 aliphatic rings. The fourth-order valence-electron chi connectivity index (χ4n) is 1.03. The maximum Gasteiger partial charge on any atom is 0.216 e. The first-order valence-electron chi connectivity index (χ1n) is 4.67. The van der Waals surface area contributed by atoms with Gasteiger partial charge in [0.2, 0.25) is 5.91 Å². The normalized spacial score (nSPS) is 9.40. The van der Waals surface area contributed by atoms with Crippen molar-refractivity contribution in [3.63, 3.8) is 0 Å². The van der Waals surface area contributed by atoms with Gasteiger partial charge in [-0.15, -0.1) is 0 Å². The van der Waals surface area contributed by atoms with Crippen LogP contribution in [0.5, 0.6) is 0 Å². The molecular weight excluding hydrogens is 210 g/mol. The molecule has 1 amide bonds. The highest BCUT2D eigenvalue weighted by molar-refractivity contribution is 7.80. The van der Waals surface area contributed by atoms with E-state index < -0.39 is 0 Å². The van der Waals surface area contributed by atoms with Crippen LogP contribution in [-0.2, 0) is 9.53 Å². The predicted octanol–water partition coefficient (Wildman–Crippen LogP) is 1.51. The first-order chi connectivity index (χ1) is 7.20. The van der Waals surface area contributed by atoms with Crippen LogP contribution in [0.15, 0.2) is 30.3 Å². The molecule has 0 fully saturated rings. The van der Waals surface area contributed by atoms with Crippen LogP contribution < -0.4 is 5.32 Å². The number of thiocarbonyl (C=S) groups is 1. The molecule has 1 N–H and O–H groups in total. The van der Waals surface area contributed by atoms with Gasteiger partial charge >= 0.3 is 0 Å². The second-order valence-electron chi connectivity index (χ2n) is 2.98. The molecule has 80 valence electrons. The SMILES string of the molecule is CC(=O)NCCOC(=S)c1ccccc1. The molecule has 0 aliphatic carbocycles. The molecule has 0 aromatic heterocycles. The van der Waals surface area contributed by atoms with Crippen molar-refractivity contribution in [1.82, 2.24) is 5.32 Å². The number of benzene rings is 1. The van der Waals surface area contributed by atoms with Gasteiger partial charge in [0.25, 0.3) is 0 Å². The first-order valence-corrected chi connectivity index (χ1v) is 5.07. The van der Waals surface area contributed by atoms with Crippen molar-refractivity contribution < 1.29 is 9.53 Å². The molecule has 0 spiro atoms. The van der Waals surface area contributed by atoms with Gasteiger partial charge in [-0.25, -0.2) is 0 Å². The van der Waals surface area contributed by atoms with Crippen LogP contribution in [0.25, 0.3) is 0 Å². The number of hydrogen-bond donors (Lipinski definition) is 1. The Morgan fingerprint density at radius 3 is 2.67 bits per heavy atom. The van der Waals surface area contributed by atoms with E-state index >= 15 is 0 Å². The van der Waals surface area contributed by atoms with Crippen LogP contribution in [0.4, 0.5) is 0 Å². The van der Waals surface area contributed by atoms with Gasteiger partial charge in [0.1, 0.15) is 6.61 Å². The zero-order valence-corrected chi connectivity index (χ0v) is 9.34.